The average Bonchev–Trinajstić information content (AvgIpc) is 2.28. The standard InChI is InChI=1S/C13H18O3/c1-10(2)7-8-16-13-11(9-14)5-4-6-12(13)15-3/h4-7,14H,8-9H2,1-3H3. The fourth-order valence-electron chi connectivity index (χ4n) is 1.30. The first-order chi connectivity index (χ1) is 7.69. The summed E-state index contributed by atoms with van der Waals surface area (Å²) in [5.74, 6) is 1.26. The molecule has 0 radical (unpaired) electrons. The Morgan fingerprint density at radius 3 is 2.69 bits per heavy atom. The molecular formula is C13H18O3. The fourth-order valence-corrected chi connectivity index (χ4v) is 1.30. The van der Waals surface area contributed by atoms with Crippen LogP contribution in [0, 0.1) is 0 Å². The van der Waals surface area contributed by atoms with Gasteiger partial charge in [-0.2, -0.15) is 0 Å². The second kappa shape index (κ2) is 6.18. The maximum atomic E-state index is 9.20. The summed E-state index contributed by atoms with van der Waals surface area (Å²) in [5, 5.41) is 9.20. The molecule has 0 unspecified atom stereocenters. The van der Waals surface area contributed by atoms with Crippen molar-refractivity contribution in [3.8, 4) is 11.5 Å². The second-order valence-electron chi connectivity index (χ2n) is 3.70. The van der Waals surface area contributed by atoms with Gasteiger partial charge >= 0.3 is 0 Å². The first-order valence-electron chi connectivity index (χ1n) is 5.22. The zero-order valence-electron chi connectivity index (χ0n) is 9.99. The van der Waals surface area contributed by atoms with Crippen LogP contribution in [0.15, 0.2) is 29.8 Å². The number of hydrogen-bond acceptors (Lipinski definition) is 3. The molecule has 0 spiro atoms. The third kappa shape index (κ3) is 3.28. The van der Waals surface area contributed by atoms with Crippen molar-refractivity contribution < 1.29 is 14.6 Å². The largest absolute Gasteiger partial charge is 0.493 e. The number of hydrogen-bond donors (Lipinski definition) is 1. The zero-order chi connectivity index (χ0) is 12.0. The molecule has 1 N–H and O–H groups in total. The van der Waals surface area contributed by atoms with Crippen LogP contribution in [0.3, 0.4) is 0 Å². The molecule has 0 fully saturated rings. The van der Waals surface area contributed by atoms with Crippen LogP contribution in [0.2, 0.25) is 0 Å². The minimum absolute atomic E-state index is 0.0542. The molecule has 0 saturated heterocycles. The van der Waals surface area contributed by atoms with Gasteiger partial charge in [0.2, 0.25) is 0 Å². The molecule has 3 nitrogen and oxygen atoms in total. The highest BCUT2D eigenvalue weighted by Crippen LogP contribution is 2.31. The van der Waals surface area contributed by atoms with Gasteiger partial charge < -0.3 is 14.6 Å². The second-order valence-corrected chi connectivity index (χ2v) is 3.70. The summed E-state index contributed by atoms with van der Waals surface area (Å²) in [5.41, 5.74) is 1.93. The van der Waals surface area contributed by atoms with Crippen LogP contribution in [-0.2, 0) is 6.61 Å². The van der Waals surface area contributed by atoms with Crippen LogP contribution in [0.1, 0.15) is 19.4 Å². The Labute approximate surface area is 96.3 Å². The molecule has 0 aliphatic rings. The maximum Gasteiger partial charge on any atom is 0.167 e. The van der Waals surface area contributed by atoms with Crippen LogP contribution in [-0.4, -0.2) is 18.8 Å². The van der Waals surface area contributed by atoms with Gasteiger partial charge in [0.25, 0.3) is 0 Å². The number of rotatable bonds is 5. The van der Waals surface area contributed by atoms with Gasteiger partial charge in [0, 0.05) is 5.56 Å². The molecule has 3 heteroatoms. The minimum atomic E-state index is -0.0542. The predicted molar refractivity (Wildman–Crippen MR) is 63.8 cm³/mol. The summed E-state index contributed by atoms with van der Waals surface area (Å²) in [4.78, 5) is 0. The van der Waals surface area contributed by atoms with Crippen LogP contribution < -0.4 is 9.47 Å². The van der Waals surface area contributed by atoms with E-state index < -0.39 is 0 Å². The van der Waals surface area contributed by atoms with E-state index in [1.165, 1.54) is 5.57 Å². The molecule has 1 rings (SSSR count). The van der Waals surface area contributed by atoms with Gasteiger partial charge in [-0.15, -0.1) is 0 Å². The normalized spacial score (nSPS) is 9.75. The number of aliphatic hydroxyl groups excluding tert-OH is 1. The molecule has 0 aliphatic heterocycles. The Bertz CT molecular complexity index is 343. The maximum absolute atomic E-state index is 9.20. The summed E-state index contributed by atoms with van der Waals surface area (Å²) in [6.45, 7) is 4.45. The van der Waals surface area contributed by atoms with Crippen LogP contribution in [0.25, 0.3) is 0 Å². The number of aliphatic hydroxyl groups is 1. The van der Waals surface area contributed by atoms with Gasteiger partial charge in [0.1, 0.15) is 6.61 Å². The van der Waals surface area contributed by atoms with E-state index in [4.69, 9.17) is 9.47 Å². The summed E-state index contributed by atoms with van der Waals surface area (Å²) < 4.78 is 10.8. The third-order valence-corrected chi connectivity index (χ3v) is 2.17. The highest BCUT2D eigenvalue weighted by Gasteiger charge is 2.08. The molecular weight excluding hydrogens is 204 g/mol. The monoisotopic (exact) mass is 222 g/mol. The molecule has 0 amide bonds. The van der Waals surface area contributed by atoms with Gasteiger partial charge in [-0.05, 0) is 26.0 Å². The number of para-hydroxylation sites is 1. The summed E-state index contributed by atoms with van der Waals surface area (Å²) in [6, 6.07) is 5.47. The number of ether oxygens (including phenoxy) is 2. The Morgan fingerprint density at radius 2 is 2.12 bits per heavy atom. The van der Waals surface area contributed by atoms with Crippen LogP contribution in [0.4, 0.5) is 0 Å². The van der Waals surface area contributed by atoms with E-state index in [9.17, 15) is 5.11 Å². The van der Waals surface area contributed by atoms with Gasteiger partial charge in [0.15, 0.2) is 11.5 Å². The SMILES string of the molecule is COc1cccc(CO)c1OCC=C(C)C. The molecule has 0 atom stereocenters. The van der Waals surface area contributed by atoms with E-state index in [1.54, 1.807) is 7.11 Å². The highest BCUT2D eigenvalue weighted by atomic mass is 16.5. The first-order valence-corrected chi connectivity index (χ1v) is 5.22. The molecule has 0 aliphatic carbocycles. The van der Waals surface area contributed by atoms with Gasteiger partial charge in [-0.1, -0.05) is 17.7 Å². The molecule has 0 saturated carbocycles. The molecule has 0 bridgehead atoms. The van der Waals surface area contributed by atoms with Crippen molar-refractivity contribution in [1.82, 2.24) is 0 Å². The van der Waals surface area contributed by atoms with E-state index >= 15 is 0 Å². The summed E-state index contributed by atoms with van der Waals surface area (Å²) in [7, 11) is 1.59. The lowest BCUT2D eigenvalue weighted by Crippen LogP contribution is -2.00. The smallest absolute Gasteiger partial charge is 0.167 e. The van der Waals surface area contributed by atoms with E-state index in [1.807, 2.05) is 38.1 Å². The number of benzene rings is 1. The van der Waals surface area contributed by atoms with Crippen LogP contribution in [0.5, 0.6) is 11.5 Å². The van der Waals surface area contributed by atoms with Crippen molar-refractivity contribution in [2.45, 2.75) is 20.5 Å². The zero-order valence-corrected chi connectivity index (χ0v) is 9.99. The Morgan fingerprint density at radius 1 is 1.38 bits per heavy atom. The van der Waals surface area contributed by atoms with Gasteiger partial charge in [0.05, 0.1) is 13.7 Å². The number of methoxy groups -OCH3 is 1. The molecule has 0 aromatic heterocycles. The molecule has 1 aromatic rings. The van der Waals surface area contributed by atoms with E-state index in [-0.39, 0.29) is 6.61 Å². The van der Waals surface area contributed by atoms with Crippen molar-refractivity contribution in [2.75, 3.05) is 13.7 Å². The lowest BCUT2D eigenvalue weighted by atomic mass is 10.2. The minimum Gasteiger partial charge on any atom is -0.493 e. The Kier molecular flexibility index (Phi) is 4.86. The van der Waals surface area contributed by atoms with E-state index in [0.717, 1.165) is 5.56 Å². The molecule has 16 heavy (non-hydrogen) atoms. The first kappa shape index (κ1) is 12.6. The fraction of sp³-hybridized carbons (Fsp3) is 0.385. The Balaban J connectivity index is 2.86. The topological polar surface area (TPSA) is 38.7 Å². The van der Waals surface area contributed by atoms with Crippen LogP contribution >= 0.6 is 0 Å². The van der Waals surface area contributed by atoms with Crippen molar-refractivity contribution in [3.63, 3.8) is 0 Å². The quantitative estimate of drug-likeness (QED) is 0.778. The lowest BCUT2D eigenvalue weighted by molar-refractivity contribution is 0.264. The van der Waals surface area contributed by atoms with Gasteiger partial charge in [-0.3, -0.25) is 0 Å². The average molecular weight is 222 g/mol. The van der Waals surface area contributed by atoms with Crippen molar-refractivity contribution in [1.29, 1.82) is 0 Å². The van der Waals surface area contributed by atoms with Gasteiger partial charge in [-0.25, -0.2) is 0 Å². The van der Waals surface area contributed by atoms with Crippen molar-refractivity contribution in [3.05, 3.63) is 35.4 Å². The van der Waals surface area contributed by atoms with E-state index in [2.05, 4.69) is 0 Å². The van der Waals surface area contributed by atoms with E-state index in [0.29, 0.717) is 18.1 Å². The van der Waals surface area contributed by atoms with Crippen molar-refractivity contribution in [2.24, 2.45) is 0 Å². The highest BCUT2D eigenvalue weighted by molar-refractivity contribution is 5.46. The molecule has 88 valence electrons. The molecule has 1 aromatic carbocycles. The molecule has 0 heterocycles. The van der Waals surface area contributed by atoms with Crippen molar-refractivity contribution >= 4 is 0 Å². The number of allylic oxidation sites excluding steroid dienone is 1. The predicted octanol–water partition coefficient (Wildman–Crippen LogP) is 2.53. The summed E-state index contributed by atoms with van der Waals surface area (Å²) in [6.07, 6.45) is 1.98. The lowest BCUT2D eigenvalue weighted by Gasteiger charge is -2.12. The third-order valence-electron chi connectivity index (χ3n) is 2.17. The summed E-state index contributed by atoms with van der Waals surface area (Å²) >= 11 is 0. The Hall–Kier alpha value is -1.48.